The van der Waals surface area contributed by atoms with E-state index in [-0.39, 0.29) is 0 Å². The van der Waals surface area contributed by atoms with Gasteiger partial charge in [-0.25, -0.2) is 0 Å². The summed E-state index contributed by atoms with van der Waals surface area (Å²) in [5, 5.41) is 0. The highest BCUT2D eigenvalue weighted by molar-refractivity contribution is 5.23. The Bertz CT molecular complexity index is 710. The molecule has 0 amide bonds. The second-order valence-electron chi connectivity index (χ2n) is 6.02. The van der Waals surface area contributed by atoms with Crippen LogP contribution in [0.3, 0.4) is 0 Å². The van der Waals surface area contributed by atoms with Gasteiger partial charge in [0.2, 0.25) is 0 Å². The molecule has 29 heavy (non-hydrogen) atoms. The topological polar surface area (TPSA) is 0 Å². The van der Waals surface area contributed by atoms with Gasteiger partial charge >= 0.3 is 0 Å². The van der Waals surface area contributed by atoms with E-state index in [1.54, 1.807) is 0 Å². The average Bonchev–Trinajstić information content (AvgIpc) is 2.73. The monoisotopic (exact) mass is 380 g/mol. The average molecular weight is 381 g/mol. The Morgan fingerprint density at radius 3 is 0.586 bits per heavy atom. The molecule has 0 atom stereocenters. The van der Waals surface area contributed by atoms with Crippen LogP contribution in [0.1, 0.15) is 19.3 Å². The van der Waals surface area contributed by atoms with Crippen LogP contribution in [0.5, 0.6) is 0 Å². The van der Waals surface area contributed by atoms with Gasteiger partial charge in [0.05, 0.1) is 0 Å². The lowest BCUT2D eigenvalue weighted by atomic mass is 10.2. The summed E-state index contributed by atoms with van der Waals surface area (Å²) in [5.74, 6) is 0. The molecule has 148 valence electrons. The molecule has 0 radical (unpaired) electrons. The van der Waals surface area contributed by atoms with Gasteiger partial charge in [-0.15, -0.1) is 0 Å². The van der Waals surface area contributed by atoms with Gasteiger partial charge in [-0.3, -0.25) is 0 Å². The molecule has 0 saturated carbocycles. The second-order valence-corrected chi connectivity index (χ2v) is 6.02. The van der Waals surface area contributed by atoms with Crippen LogP contribution in [0.4, 0.5) is 0 Å². The molecule has 0 heterocycles. The number of hydrogen-bond acceptors (Lipinski definition) is 0. The van der Waals surface area contributed by atoms with Gasteiger partial charge in [-0.05, 0) is 19.3 Å². The normalized spacial score (nSPS) is 16.8. The zero-order valence-corrected chi connectivity index (χ0v) is 17.1. The molecule has 0 fully saturated rings. The third-order valence-electron chi connectivity index (χ3n) is 3.57. The molecule has 0 aliphatic heterocycles. The van der Waals surface area contributed by atoms with Crippen LogP contribution in [0, 0.1) is 0 Å². The molecule has 1 rings (SSSR count). The van der Waals surface area contributed by atoms with E-state index in [1.165, 1.54) is 6.42 Å². The Kier molecular flexibility index (Phi) is 17.1. The van der Waals surface area contributed by atoms with Crippen molar-refractivity contribution in [1.82, 2.24) is 0 Å². The van der Waals surface area contributed by atoms with E-state index in [0.717, 1.165) is 12.8 Å². The fourth-order valence-electron chi connectivity index (χ4n) is 2.11. The first-order chi connectivity index (χ1) is 14.5. The SMILES string of the molecule is C1=CC=CC=CC=CC=CC=CC=CCCCC=CC=CC=CC=CC=CC=C1. The Morgan fingerprint density at radius 1 is 0.207 bits per heavy atom. The highest BCUT2D eigenvalue weighted by Gasteiger charge is 1.78. The Morgan fingerprint density at radius 2 is 0.379 bits per heavy atom. The maximum absolute atomic E-state index is 2.21. The lowest BCUT2D eigenvalue weighted by Gasteiger charge is -1.88. The van der Waals surface area contributed by atoms with E-state index in [2.05, 4.69) is 36.5 Å². The van der Waals surface area contributed by atoms with Crippen molar-refractivity contribution in [2.45, 2.75) is 19.3 Å². The molecule has 0 aromatic heterocycles. The smallest absolute Gasteiger partial charge is 0.0345 e. The van der Waals surface area contributed by atoms with Gasteiger partial charge in [-0.1, -0.05) is 158 Å². The lowest BCUT2D eigenvalue weighted by molar-refractivity contribution is 0.868. The Balaban J connectivity index is 2.59. The Hall–Kier alpha value is -3.38. The molecule has 0 saturated heterocycles. The minimum Gasteiger partial charge on any atom is -0.0845 e. The summed E-state index contributed by atoms with van der Waals surface area (Å²) in [6.45, 7) is 0. The highest BCUT2D eigenvalue weighted by atomic mass is 13.8. The van der Waals surface area contributed by atoms with Gasteiger partial charge in [-0.2, -0.15) is 0 Å². The van der Waals surface area contributed by atoms with Crippen LogP contribution >= 0.6 is 0 Å². The molecule has 0 N–H and O–H groups in total. The van der Waals surface area contributed by atoms with Crippen LogP contribution in [0.25, 0.3) is 0 Å². The van der Waals surface area contributed by atoms with E-state index in [9.17, 15) is 0 Å². The molecule has 0 spiro atoms. The molecule has 0 aromatic rings. The first-order valence-electron chi connectivity index (χ1n) is 10.1. The van der Waals surface area contributed by atoms with Crippen molar-refractivity contribution in [2.24, 2.45) is 0 Å². The van der Waals surface area contributed by atoms with E-state index in [1.807, 2.05) is 122 Å². The number of rotatable bonds is 0. The quantitative estimate of drug-likeness (QED) is 0.396. The summed E-state index contributed by atoms with van der Waals surface area (Å²) in [4.78, 5) is 0. The Labute approximate surface area is 177 Å². The number of hydrogen-bond donors (Lipinski definition) is 0. The summed E-state index contributed by atoms with van der Waals surface area (Å²) < 4.78 is 0. The standard InChI is InChI=1S/C29H32/c1-2-4-6-8-10-12-14-16-18-20-22-24-26-28-29-27-25-23-21-19-17-15-13-11-9-7-5-3-1/h1-26H,27-29H2. The van der Waals surface area contributed by atoms with Crippen LogP contribution in [0.2, 0.25) is 0 Å². The predicted octanol–water partition coefficient (Wildman–Crippen LogP) is 8.40. The first-order valence-corrected chi connectivity index (χ1v) is 10.1. The molecule has 1 aliphatic carbocycles. The molecule has 0 bridgehead atoms. The van der Waals surface area contributed by atoms with Crippen molar-refractivity contribution in [2.75, 3.05) is 0 Å². The summed E-state index contributed by atoms with van der Waals surface area (Å²) in [5.41, 5.74) is 0. The molecule has 0 nitrogen and oxygen atoms in total. The van der Waals surface area contributed by atoms with Crippen LogP contribution < -0.4 is 0 Å². The molecule has 1 aliphatic rings. The summed E-state index contributed by atoms with van der Waals surface area (Å²) >= 11 is 0. The highest BCUT2D eigenvalue weighted by Crippen LogP contribution is 1.98. The summed E-state index contributed by atoms with van der Waals surface area (Å²) in [6, 6.07) is 0. The van der Waals surface area contributed by atoms with Crippen molar-refractivity contribution >= 4 is 0 Å². The minimum atomic E-state index is 1.10. The van der Waals surface area contributed by atoms with Crippen molar-refractivity contribution < 1.29 is 0 Å². The molecule has 0 unspecified atom stereocenters. The van der Waals surface area contributed by atoms with Gasteiger partial charge in [0.25, 0.3) is 0 Å². The van der Waals surface area contributed by atoms with Gasteiger partial charge in [0.15, 0.2) is 0 Å². The summed E-state index contributed by atoms with van der Waals surface area (Å²) in [6.07, 6.45) is 56.5. The molecular weight excluding hydrogens is 348 g/mol. The molecule has 0 aromatic carbocycles. The van der Waals surface area contributed by atoms with Crippen molar-refractivity contribution in [1.29, 1.82) is 0 Å². The van der Waals surface area contributed by atoms with E-state index >= 15 is 0 Å². The minimum absolute atomic E-state index is 1.10. The van der Waals surface area contributed by atoms with Gasteiger partial charge < -0.3 is 0 Å². The zero-order chi connectivity index (χ0) is 20.5. The first kappa shape index (κ1) is 23.7. The van der Waals surface area contributed by atoms with E-state index in [4.69, 9.17) is 0 Å². The zero-order valence-electron chi connectivity index (χ0n) is 17.1. The number of allylic oxidation sites excluding steroid dienone is 26. The van der Waals surface area contributed by atoms with Gasteiger partial charge in [0.1, 0.15) is 0 Å². The third-order valence-corrected chi connectivity index (χ3v) is 3.57. The largest absolute Gasteiger partial charge is 0.0845 e. The maximum Gasteiger partial charge on any atom is -0.0345 e. The van der Waals surface area contributed by atoms with Gasteiger partial charge in [0, 0.05) is 0 Å². The fourth-order valence-corrected chi connectivity index (χ4v) is 2.11. The maximum atomic E-state index is 2.21. The lowest BCUT2D eigenvalue weighted by Crippen LogP contribution is -1.68. The second kappa shape index (κ2) is 20.9. The van der Waals surface area contributed by atoms with Crippen molar-refractivity contribution in [3.8, 4) is 0 Å². The predicted molar refractivity (Wildman–Crippen MR) is 133 cm³/mol. The van der Waals surface area contributed by atoms with E-state index in [0.29, 0.717) is 0 Å². The fraction of sp³-hybridized carbons (Fsp3) is 0.103. The van der Waals surface area contributed by atoms with Crippen LogP contribution in [-0.4, -0.2) is 0 Å². The van der Waals surface area contributed by atoms with Crippen LogP contribution in [0.15, 0.2) is 158 Å². The van der Waals surface area contributed by atoms with Crippen LogP contribution in [-0.2, 0) is 0 Å². The summed E-state index contributed by atoms with van der Waals surface area (Å²) in [7, 11) is 0. The molecule has 0 heteroatoms. The third kappa shape index (κ3) is 19.2. The van der Waals surface area contributed by atoms with E-state index < -0.39 is 0 Å². The van der Waals surface area contributed by atoms with Crippen molar-refractivity contribution in [3.05, 3.63) is 158 Å². The van der Waals surface area contributed by atoms with Crippen molar-refractivity contribution in [3.63, 3.8) is 0 Å². The molecular formula is C29H32.